The highest BCUT2D eigenvalue weighted by Crippen LogP contribution is 2.24. The topological polar surface area (TPSA) is 110 Å². The lowest BCUT2D eigenvalue weighted by Gasteiger charge is -2.09. The van der Waals surface area contributed by atoms with Crippen molar-refractivity contribution < 1.29 is 38.1 Å². The first kappa shape index (κ1) is 43.9. The average molecular weight is 798 g/mol. The molecule has 0 fully saturated rings. The van der Waals surface area contributed by atoms with Crippen molar-refractivity contribution >= 4 is 29.8 Å². The monoisotopic (exact) mass is 797 g/mol. The summed E-state index contributed by atoms with van der Waals surface area (Å²) < 4.78 is 28.3. The molecule has 308 valence electrons. The van der Waals surface area contributed by atoms with Crippen molar-refractivity contribution in [2.24, 2.45) is 4.99 Å². The minimum Gasteiger partial charge on any atom is -0.494 e. The highest BCUT2D eigenvalue weighted by atomic mass is 16.5. The lowest BCUT2D eigenvalue weighted by Crippen LogP contribution is -2.11. The fourth-order valence-corrected chi connectivity index (χ4v) is 6.07. The van der Waals surface area contributed by atoms with Crippen molar-refractivity contribution in [1.82, 2.24) is 0 Å². The molecule has 59 heavy (non-hydrogen) atoms. The SMILES string of the molecule is CCCCCCCCOc1ccc(N=Cc2ccc(C(=O)Oc3cccc(OC(=O)c4ccc(OC(=O)c5ccc(OCCCCCCCC)cc5)cc4)c3)cc2)cc1. The Hall–Kier alpha value is -6.22. The number of carbonyl (C=O) groups excluding carboxylic acids is 3. The molecule has 5 rings (SSSR count). The zero-order chi connectivity index (χ0) is 41.5. The summed E-state index contributed by atoms with van der Waals surface area (Å²) in [6, 6.07) is 33.7. The van der Waals surface area contributed by atoms with Crippen molar-refractivity contribution in [2.75, 3.05) is 13.2 Å². The van der Waals surface area contributed by atoms with Gasteiger partial charge in [-0.3, -0.25) is 4.99 Å². The number of aliphatic imine (C=N–C) groups is 1. The summed E-state index contributed by atoms with van der Waals surface area (Å²) in [7, 11) is 0. The zero-order valence-electron chi connectivity index (χ0n) is 34.2. The summed E-state index contributed by atoms with van der Waals surface area (Å²) in [5.41, 5.74) is 2.58. The van der Waals surface area contributed by atoms with Gasteiger partial charge in [-0.05, 0) is 115 Å². The van der Waals surface area contributed by atoms with Gasteiger partial charge in [0.2, 0.25) is 0 Å². The van der Waals surface area contributed by atoms with Crippen LogP contribution in [0.5, 0.6) is 28.7 Å². The van der Waals surface area contributed by atoms with Crippen LogP contribution in [-0.2, 0) is 0 Å². The fraction of sp³-hybridized carbons (Fsp3) is 0.320. The summed E-state index contributed by atoms with van der Waals surface area (Å²) in [4.78, 5) is 43.1. The zero-order valence-corrected chi connectivity index (χ0v) is 34.2. The molecule has 0 amide bonds. The van der Waals surface area contributed by atoms with Crippen molar-refractivity contribution in [3.63, 3.8) is 0 Å². The molecule has 0 heterocycles. The molecule has 0 saturated heterocycles. The second-order valence-corrected chi connectivity index (χ2v) is 14.3. The van der Waals surface area contributed by atoms with E-state index in [1.54, 1.807) is 72.9 Å². The number of hydrogen-bond donors (Lipinski definition) is 0. The Morgan fingerprint density at radius 2 is 0.831 bits per heavy atom. The van der Waals surface area contributed by atoms with Gasteiger partial charge in [0, 0.05) is 12.3 Å². The number of hydrogen-bond acceptors (Lipinski definition) is 9. The van der Waals surface area contributed by atoms with E-state index in [1.165, 1.54) is 88.1 Å². The number of esters is 3. The molecule has 0 bridgehead atoms. The van der Waals surface area contributed by atoms with Crippen LogP contribution < -0.4 is 23.7 Å². The van der Waals surface area contributed by atoms with Crippen LogP contribution in [0.25, 0.3) is 0 Å². The molecular formula is C50H55NO8. The van der Waals surface area contributed by atoms with E-state index in [1.807, 2.05) is 24.3 Å². The minimum atomic E-state index is -0.632. The summed E-state index contributed by atoms with van der Waals surface area (Å²) in [5, 5.41) is 0. The second-order valence-electron chi connectivity index (χ2n) is 14.3. The number of nitrogens with zero attached hydrogens (tertiary/aromatic N) is 1. The maximum atomic E-state index is 12.9. The smallest absolute Gasteiger partial charge is 0.343 e. The van der Waals surface area contributed by atoms with Gasteiger partial charge >= 0.3 is 17.9 Å². The quantitative estimate of drug-likeness (QED) is 0.0263. The number of rotatable bonds is 24. The number of unbranched alkanes of at least 4 members (excludes halogenated alkanes) is 10. The summed E-state index contributed by atoms with van der Waals surface area (Å²) >= 11 is 0. The Morgan fingerprint density at radius 3 is 1.31 bits per heavy atom. The molecular weight excluding hydrogens is 743 g/mol. The molecule has 0 saturated carbocycles. The van der Waals surface area contributed by atoms with Crippen LogP contribution in [0.1, 0.15) is 128 Å². The van der Waals surface area contributed by atoms with Gasteiger partial charge in [0.05, 0.1) is 35.6 Å². The van der Waals surface area contributed by atoms with Gasteiger partial charge in [0.1, 0.15) is 28.7 Å². The molecule has 0 unspecified atom stereocenters. The van der Waals surface area contributed by atoms with Crippen LogP contribution in [0.15, 0.2) is 126 Å². The van der Waals surface area contributed by atoms with Crippen LogP contribution in [-0.4, -0.2) is 37.3 Å². The first-order valence-corrected chi connectivity index (χ1v) is 20.9. The Kier molecular flexibility index (Phi) is 18.2. The number of ether oxygens (including phenoxy) is 5. The Labute approximate surface area is 348 Å². The Morgan fingerprint density at radius 1 is 0.441 bits per heavy atom. The molecule has 0 spiro atoms. The lowest BCUT2D eigenvalue weighted by atomic mass is 10.1. The molecule has 0 radical (unpaired) electrons. The number of benzene rings is 5. The van der Waals surface area contributed by atoms with E-state index in [4.69, 9.17) is 23.7 Å². The van der Waals surface area contributed by atoms with Gasteiger partial charge in [0.25, 0.3) is 0 Å². The molecule has 5 aromatic rings. The van der Waals surface area contributed by atoms with E-state index in [2.05, 4.69) is 18.8 Å². The predicted octanol–water partition coefficient (Wildman–Crippen LogP) is 12.6. The van der Waals surface area contributed by atoms with Gasteiger partial charge in [-0.15, -0.1) is 0 Å². The highest BCUT2D eigenvalue weighted by Gasteiger charge is 2.14. The van der Waals surface area contributed by atoms with Crippen LogP contribution in [0.2, 0.25) is 0 Å². The molecule has 0 aromatic heterocycles. The predicted molar refractivity (Wildman–Crippen MR) is 232 cm³/mol. The Bertz CT molecular complexity index is 2060. The van der Waals surface area contributed by atoms with E-state index >= 15 is 0 Å². The third-order valence-electron chi connectivity index (χ3n) is 9.50. The van der Waals surface area contributed by atoms with Crippen molar-refractivity contribution in [3.05, 3.63) is 144 Å². The van der Waals surface area contributed by atoms with E-state index < -0.39 is 17.9 Å². The van der Waals surface area contributed by atoms with Crippen LogP contribution >= 0.6 is 0 Å². The maximum Gasteiger partial charge on any atom is 0.343 e. The van der Waals surface area contributed by atoms with E-state index in [0.717, 1.165) is 36.3 Å². The first-order valence-electron chi connectivity index (χ1n) is 20.9. The second kappa shape index (κ2) is 24.5. The summed E-state index contributed by atoms with van der Waals surface area (Å²) in [5.74, 6) is 0.498. The minimum absolute atomic E-state index is 0.194. The molecule has 9 nitrogen and oxygen atoms in total. The standard InChI is InChI=1S/C50H55NO8/c1-3-5-7-9-11-13-34-55-43-28-22-40(23-29-43)48(52)57-45-30-24-41(25-31-45)50(54)59-47-17-15-16-46(36-47)58-49(53)39-20-18-38(19-21-39)37-51-42-26-32-44(33-27-42)56-35-14-12-10-8-6-4-2/h15-33,36-37H,3-14,34-35H2,1-2H3. The largest absolute Gasteiger partial charge is 0.494 e. The van der Waals surface area contributed by atoms with Gasteiger partial charge in [-0.25, -0.2) is 14.4 Å². The summed E-state index contributed by atoms with van der Waals surface area (Å²) in [6.45, 7) is 5.79. The Balaban J connectivity index is 1.03. The van der Waals surface area contributed by atoms with Gasteiger partial charge in [-0.1, -0.05) is 96.3 Å². The molecule has 0 aliphatic rings. The van der Waals surface area contributed by atoms with Crippen LogP contribution in [0, 0.1) is 0 Å². The van der Waals surface area contributed by atoms with E-state index in [9.17, 15) is 14.4 Å². The third-order valence-corrected chi connectivity index (χ3v) is 9.50. The molecule has 0 atom stereocenters. The van der Waals surface area contributed by atoms with Crippen molar-refractivity contribution in [1.29, 1.82) is 0 Å². The normalized spacial score (nSPS) is 10.9. The van der Waals surface area contributed by atoms with Gasteiger partial charge < -0.3 is 23.7 Å². The molecule has 0 aliphatic carbocycles. The average Bonchev–Trinajstić information content (AvgIpc) is 3.26. The van der Waals surface area contributed by atoms with E-state index in [-0.39, 0.29) is 22.8 Å². The lowest BCUT2D eigenvalue weighted by molar-refractivity contribution is 0.0723. The third kappa shape index (κ3) is 15.6. The van der Waals surface area contributed by atoms with E-state index in [0.29, 0.717) is 30.1 Å². The fourth-order valence-electron chi connectivity index (χ4n) is 6.07. The highest BCUT2D eigenvalue weighted by molar-refractivity contribution is 5.94. The molecule has 9 heteroatoms. The number of carbonyl (C=O) groups is 3. The molecule has 5 aromatic carbocycles. The van der Waals surface area contributed by atoms with Gasteiger partial charge in [-0.2, -0.15) is 0 Å². The molecule has 0 N–H and O–H groups in total. The molecule has 0 aliphatic heterocycles. The maximum absolute atomic E-state index is 12.9. The first-order chi connectivity index (χ1) is 28.9. The van der Waals surface area contributed by atoms with Crippen molar-refractivity contribution in [2.45, 2.75) is 90.9 Å². The van der Waals surface area contributed by atoms with Crippen molar-refractivity contribution in [3.8, 4) is 28.7 Å². The van der Waals surface area contributed by atoms with Gasteiger partial charge in [0.15, 0.2) is 0 Å². The summed E-state index contributed by atoms with van der Waals surface area (Å²) in [6.07, 6.45) is 16.2. The van der Waals surface area contributed by atoms with Crippen LogP contribution in [0.4, 0.5) is 5.69 Å². The van der Waals surface area contributed by atoms with Crippen LogP contribution in [0.3, 0.4) is 0 Å².